The Hall–Kier alpha value is -1.59. The number of carbonyl (C=O) groups excluding carboxylic acids is 2. The standard InChI is InChI=1S/C12H20N2O4/c1-7-6-10(16)14(5-3-4-9(13)15)8(2)11(7)12(17)18/h7-8,11H,3-6H2,1-2H3,(H2,13,15)(H,17,18). The normalized spacial score (nSPS) is 28.2. The smallest absolute Gasteiger partial charge is 0.308 e. The van der Waals surface area contributed by atoms with Gasteiger partial charge in [-0.05, 0) is 19.3 Å². The van der Waals surface area contributed by atoms with Crippen LogP contribution in [-0.2, 0) is 14.4 Å². The van der Waals surface area contributed by atoms with E-state index in [1.807, 2.05) is 0 Å². The van der Waals surface area contributed by atoms with Gasteiger partial charge < -0.3 is 15.7 Å². The maximum atomic E-state index is 11.9. The highest BCUT2D eigenvalue weighted by atomic mass is 16.4. The zero-order valence-electron chi connectivity index (χ0n) is 10.8. The second-order valence-electron chi connectivity index (χ2n) is 4.94. The molecule has 3 N–H and O–H groups in total. The number of hydrogen-bond acceptors (Lipinski definition) is 3. The van der Waals surface area contributed by atoms with Crippen LogP contribution in [0.5, 0.6) is 0 Å². The van der Waals surface area contributed by atoms with E-state index in [1.165, 1.54) is 0 Å². The number of rotatable bonds is 5. The highest BCUT2D eigenvalue weighted by Crippen LogP contribution is 2.30. The van der Waals surface area contributed by atoms with Crippen molar-refractivity contribution in [3.8, 4) is 0 Å². The van der Waals surface area contributed by atoms with Crippen molar-refractivity contribution in [3.63, 3.8) is 0 Å². The number of nitrogens with two attached hydrogens (primary N) is 1. The van der Waals surface area contributed by atoms with Crippen LogP contribution in [-0.4, -0.2) is 40.4 Å². The van der Waals surface area contributed by atoms with E-state index in [-0.39, 0.29) is 30.7 Å². The first-order valence-electron chi connectivity index (χ1n) is 6.15. The average molecular weight is 256 g/mol. The lowest BCUT2D eigenvalue weighted by Crippen LogP contribution is -2.53. The molecule has 1 saturated heterocycles. The molecule has 3 atom stereocenters. The third kappa shape index (κ3) is 3.21. The number of likely N-dealkylation sites (tertiary alicyclic amines) is 1. The molecular weight excluding hydrogens is 236 g/mol. The highest BCUT2D eigenvalue weighted by Gasteiger charge is 2.41. The molecule has 1 heterocycles. The van der Waals surface area contributed by atoms with Crippen LogP contribution in [0.15, 0.2) is 0 Å². The number of carboxylic acid groups (broad SMARTS) is 1. The van der Waals surface area contributed by atoms with E-state index in [0.717, 1.165) is 0 Å². The monoisotopic (exact) mass is 256 g/mol. The maximum Gasteiger partial charge on any atom is 0.308 e. The Labute approximate surface area is 106 Å². The van der Waals surface area contributed by atoms with Crippen molar-refractivity contribution >= 4 is 17.8 Å². The van der Waals surface area contributed by atoms with Crippen LogP contribution in [0.2, 0.25) is 0 Å². The lowest BCUT2D eigenvalue weighted by Gasteiger charge is -2.40. The maximum absolute atomic E-state index is 11.9. The average Bonchev–Trinajstić information content (AvgIpc) is 2.21. The van der Waals surface area contributed by atoms with Gasteiger partial charge in [-0.15, -0.1) is 0 Å². The van der Waals surface area contributed by atoms with Crippen LogP contribution in [0.1, 0.15) is 33.1 Å². The lowest BCUT2D eigenvalue weighted by molar-refractivity contribution is -0.154. The SMILES string of the molecule is CC1CC(=O)N(CCCC(N)=O)C(C)C1C(=O)O. The van der Waals surface area contributed by atoms with Gasteiger partial charge in [-0.25, -0.2) is 0 Å². The van der Waals surface area contributed by atoms with Crippen LogP contribution < -0.4 is 5.73 Å². The van der Waals surface area contributed by atoms with E-state index >= 15 is 0 Å². The molecule has 1 fully saturated rings. The van der Waals surface area contributed by atoms with Gasteiger partial charge in [0.25, 0.3) is 0 Å². The molecule has 1 aliphatic rings. The van der Waals surface area contributed by atoms with Gasteiger partial charge >= 0.3 is 5.97 Å². The van der Waals surface area contributed by atoms with Crippen LogP contribution in [0, 0.1) is 11.8 Å². The molecule has 3 unspecified atom stereocenters. The summed E-state index contributed by atoms with van der Waals surface area (Å²) in [6.07, 6.45) is 0.938. The number of carboxylic acids is 1. The molecule has 0 radical (unpaired) electrons. The van der Waals surface area contributed by atoms with Crippen molar-refractivity contribution in [1.29, 1.82) is 0 Å². The third-order valence-electron chi connectivity index (χ3n) is 3.55. The molecule has 0 aromatic carbocycles. The molecule has 6 nitrogen and oxygen atoms in total. The van der Waals surface area contributed by atoms with Gasteiger partial charge in [0.1, 0.15) is 0 Å². The Morgan fingerprint density at radius 1 is 1.44 bits per heavy atom. The summed E-state index contributed by atoms with van der Waals surface area (Å²) in [7, 11) is 0. The van der Waals surface area contributed by atoms with E-state index < -0.39 is 17.8 Å². The Morgan fingerprint density at radius 2 is 2.06 bits per heavy atom. The Bertz CT molecular complexity index is 356. The summed E-state index contributed by atoms with van der Waals surface area (Å²) in [5.74, 6) is -2.02. The fourth-order valence-corrected chi connectivity index (χ4v) is 2.62. The topological polar surface area (TPSA) is 101 Å². The molecule has 18 heavy (non-hydrogen) atoms. The van der Waals surface area contributed by atoms with E-state index in [1.54, 1.807) is 18.7 Å². The summed E-state index contributed by atoms with van der Waals surface area (Å²) in [4.78, 5) is 35.3. The molecule has 1 aliphatic heterocycles. The van der Waals surface area contributed by atoms with Gasteiger partial charge in [0, 0.05) is 25.4 Å². The van der Waals surface area contributed by atoms with E-state index in [9.17, 15) is 19.5 Å². The first-order valence-corrected chi connectivity index (χ1v) is 6.15. The molecule has 0 aliphatic carbocycles. The zero-order valence-corrected chi connectivity index (χ0v) is 10.8. The van der Waals surface area contributed by atoms with Crippen molar-refractivity contribution < 1.29 is 19.5 Å². The number of carbonyl (C=O) groups is 3. The number of nitrogens with zero attached hydrogens (tertiary/aromatic N) is 1. The second kappa shape index (κ2) is 5.84. The first kappa shape index (κ1) is 14.5. The molecule has 0 bridgehead atoms. The predicted molar refractivity (Wildman–Crippen MR) is 64.5 cm³/mol. The van der Waals surface area contributed by atoms with Gasteiger partial charge in [0.2, 0.25) is 11.8 Å². The lowest BCUT2D eigenvalue weighted by atomic mass is 9.81. The summed E-state index contributed by atoms with van der Waals surface area (Å²) in [5.41, 5.74) is 5.04. The van der Waals surface area contributed by atoms with Gasteiger partial charge in [-0.2, -0.15) is 0 Å². The van der Waals surface area contributed by atoms with Crippen LogP contribution in [0.25, 0.3) is 0 Å². The number of piperidine rings is 1. The molecule has 0 aromatic rings. The summed E-state index contributed by atoms with van der Waals surface area (Å²) in [6, 6.07) is -0.341. The number of hydrogen-bond donors (Lipinski definition) is 2. The predicted octanol–water partition coefficient (Wildman–Crippen LogP) is 0.210. The quantitative estimate of drug-likeness (QED) is 0.734. The molecule has 6 heteroatoms. The van der Waals surface area contributed by atoms with Crippen LogP contribution in [0.3, 0.4) is 0 Å². The van der Waals surface area contributed by atoms with Crippen LogP contribution in [0.4, 0.5) is 0 Å². The minimum atomic E-state index is -0.873. The molecular formula is C12H20N2O4. The largest absolute Gasteiger partial charge is 0.481 e. The highest BCUT2D eigenvalue weighted by molar-refractivity contribution is 5.82. The molecule has 2 amide bonds. The second-order valence-corrected chi connectivity index (χ2v) is 4.94. The number of aliphatic carboxylic acids is 1. The van der Waals surface area contributed by atoms with Crippen molar-refractivity contribution in [3.05, 3.63) is 0 Å². The van der Waals surface area contributed by atoms with Crippen molar-refractivity contribution in [1.82, 2.24) is 4.90 Å². The number of amides is 2. The third-order valence-corrected chi connectivity index (χ3v) is 3.55. The summed E-state index contributed by atoms with van der Waals surface area (Å²) in [5, 5.41) is 9.18. The Balaban J connectivity index is 2.68. The van der Waals surface area contributed by atoms with Crippen molar-refractivity contribution in [2.45, 2.75) is 39.2 Å². The number of primary amides is 1. The molecule has 0 aromatic heterocycles. The van der Waals surface area contributed by atoms with Gasteiger partial charge in [-0.3, -0.25) is 14.4 Å². The fourth-order valence-electron chi connectivity index (χ4n) is 2.62. The van der Waals surface area contributed by atoms with Gasteiger partial charge in [0.15, 0.2) is 0 Å². The molecule has 1 rings (SSSR count). The fraction of sp³-hybridized carbons (Fsp3) is 0.750. The van der Waals surface area contributed by atoms with Crippen molar-refractivity contribution in [2.75, 3.05) is 6.54 Å². The molecule has 102 valence electrons. The van der Waals surface area contributed by atoms with Gasteiger partial charge in [-0.1, -0.05) is 6.92 Å². The minimum absolute atomic E-state index is 0.0445. The molecule has 0 saturated carbocycles. The summed E-state index contributed by atoms with van der Waals surface area (Å²) >= 11 is 0. The van der Waals surface area contributed by atoms with Crippen molar-refractivity contribution in [2.24, 2.45) is 17.6 Å². The summed E-state index contributed by atoms with van der Waals surface area (Å²) in [6.45, 7) is 3.92. The van der Waals surface area contributed by atoms with E-state index in [0.29, 0.717) is 13.0 Å². The van der Waals surface area contributed by atoms with E-state index in [2.05, 4.69) is 0 Å². The Kier molecular flexibility index (Phi) is 4.69. The van der Waals surface area contributed by atoms with Crippen LogP contribution >= 0.6 is 0 Å². The Morgan fingerprint density at radius 3 is 2.56 bits per heavy atom. The first-order chi connectivity index (χ1) is 8.34. The zero-order chi connectivity index (χ0) is 13.9. The van der Waals surface area contributed by atoms with Gasteiger partial charge in [0.05, 0.1) is 5.92 Å². The molecule has 0 spiro atoms. The van der Waals surface area contributed by atoms with E-state index in [4.69, 9.17) is 5.73 Å². The minimum Gasteiger partial charge on any atom is -0.481 e. The summed E-state index contributed by atoms with van der Waals surface area (Å²) < 4.78 is 0.